The predicted molar refractivity (Wildman–Crippen MR) is 75.3 cm³/mol. The summed E-state index contributed by atoms with van der Waals surface area (Å²) in [6.45, 7) is 0.233. The summed E-state index contributed by atoms with van der Waals surface area (Å²) >= 11 is 0. The number of anilines is 1. The topological polar surface area (TPSA) is 109 Å². The van der Waals surface area contributed by atoms with Crippen LogP contribution < -0.4 is 11.3 Å². The highest BCUT2D eigenvalue weighted by Crippen LogP contribution is 2.28. The number of sulfonamides is 1. The third-order valence-corrected chi connectivity index (χ3v) is 5.54. The number of hydrazine groups is 1. The van der Waals surface area contributed by atoms with Crippen LogP contribution in [0.5, 0.6) is 0 Å². The number of nitrogens with two attached hydrogens (primary N) is 1. The maximum Gasteiger partial charge on any atom is 0.247 e. The molecule has 2 rings (SSSR count). The first-order valence-electron chi connectivity index (χ1n) is 6.64. The van der Waals surface area contributed by atoms with Gasteiger partial charge < -0.3 is 10.5 Å². The minimum Gasteiger partial charge on any atom is -0.395 e. The number of aliphatic hydroxyl groups is 1. The van der Waals surface area contributed by atoms with Crippen molar-refractivity contribution in [1.29, 1.82) is 0 Å². The van der Waals surface area contributed by atoms with Crippen molar-refractivity contribution in [2.45, 2.75) is 36.6 Å². The molecule has 1 atom stereocenters. The van der Waals surface area contributed by atoms with Gasteiger partial charge in [-0.25, -0.2) is 8.42 Å². The summed E-state index contributed by atoms with van der Waals surface area (Å²) in [7, 11) is -3.72. The Kier molecular flexibility index (Phi) is 4.92. The summed E-state index contributed by atoms with van der Waals surface area (Å²) in [4.78, 5) is 3.91. The summed E-state index contributed by atoms with van der Waals surface area (Å²) in [6.07, 6.45) is 6.11. The molecule has 1 fully saturated rings. The van der Waals surface area contributed by atoms with Gasteiger partial charge in [-0.3, -0.25) is 10.8 Å². The smallest absolute Gasteiger partial charge is 0.247 e. The molecule has 1 aliphatic rings. The second kappa shape index (κ2) is 6.49. The first-order chi connectivity index (χ1) is 9.61. The molecule has 1 unspecified atom stereocenters. The van der Waals surface area contributed by atoms with Gasteiger partial charge >= 0.3 is 0 Å². The van der Waals surface area contributed by atoms with E-state index in [0.29, 0.717) is 18.7 Å². The van der Waals surface area contributed by atoms with E-state index in [1.165, 1.54) is 22.8 Å². The normalized spacial score (nSPS) is 21.4. The largest absolute Gasteiger partial charge is 0.395 e. The maximum atomic E-state index is 12.8. The number of nitrogens with one attached hydrogen (secondary N) is 1. The van der Waals surface area contributed by atoms with Crippen LogP contribution in [-0.4, -0.2) is 42.0 Å². The molecule has 0 amide bonds. The van der Waals surface area contributed by atoms with E-state index in [-0.39, 0.29) is 17.5 Å². The molecular formula is C12H20N4O3S. The van der Waals surface area contributed by atoms with Gasteiger partial charge in [-0.1, -0.05) is 12.8 Å². The fourth-order valence-electron chi connectivity index (χ4n) is 2.48. The summed E-state index contributed by atoms with van der Waals surface area (Å²) in [5, 5.41) is 9.46. The van der Waals surface area contributed by atoms with E-state index in [0.717, 1.165) is 19.3 Å². The number of aliphatic hydroxyl groups excluding tert-OH is 1. The van der Waals surface area contributed by atoms with Crippen LogP contribution in [-0.2, 0) is 10.0 Å². The van der Waals surface area contributed by atoms with Gasteiger partial charge in [0.1, 0.15) is 4.90 Å². The number of nitrogens with zero attached hydrogens (tertiary/aromatic N) is 2. The second-order valence-corrected chi connectivity index (χ2v) is 6.68. The van der Waals surface area contributed by atoms with Crippen molar-refractivity contribution in [1.82, 2.24) is 9.29 Å². The van der Waals surface area contributed by atoms with Gasteiger partial charge in [-0.15, -0.1) is 0 Å². The Bertz CT molecular complexity index is 549. The van der Waals surface area contributed by atoms with E-state index >= 15 is 0 Å². The zero-order chi connectivity index (χ0) is 14.6. The summed E-state index contributed by atoms with van der Waals surface area (Å²) in [5.41, 5.74) is 2.69. The van der Waals surface area contributed by atoms with Crippen LogP contribution in [0.4, 0.5) is 5.69 Å². The standard InChI is InChI=1S/C12H20N4O3S/c13-15-11-5-6-14-8-12(11)20(18,19)16-7-3-1-2-4-10(16)9-17/h5-6,8,10,17H,1-4,7,9,13H2,(H,14,15). The molecule has 112 valence electrons. The lowest BCUT2D eigenvalue weighted by Crippen LogP contribution is -2.42. The zero-order valence-corrected chi connectivity index (χ0v) is 12.0. The molecule has 0 spiro atoms. The zero-order valence-electron chi connectivity index (χ0n) is 11.2. The van der Waals surface area contributed by atoms with Crippen LogP contribution in [0.1, 0.15) is 25.7 Å². The molecule has 20 heavy (non-hydrogen) atoms. The Morgan fingerprint density at radius 3 is 2.95 bits per heavy atom. The first-order valence-corrected chi connectivity index (χ1v) is 8.08. The van der Waals surface area contributed by atoms with Crippen LogP contribution in [0.25, 0.3) is 0 Å². The highest BCUT2D eigenvalue weighted by Gasteiger charge is 2.33. The van der Waals surface area contributed by atoms with Gasteiger partial charge in [0.05, 0.1) is 12.3 Å². The summed E-state index contributed by atoms with van der Waals surface area (Å²) in [6, 6.07) is 1.13. The molecule has 0 saturated carbocycles. The minimum atomic E-state index is -3.72. The molecule has 4 N–H and O–H groups in total. The Morgan fingerprint density at radius 2 is 2.25 bits per heavy atom. The van der Waals surface area contributed by atoms with Gasteiger partial charge in [-0.05, 0) is 18.9 Å². The van der Waals surface area contributed by atoms with Crippen LogP contribution in [0.2, 0.25) is 0 Å². The summed E-state index contributed by atoms with van der Waals surface area (Å²) in [5.74, 6) is 5.36. The highest BCUT2D eigenvalue weighted by molar-refractivity contribution is 7.89. The Labute approximate surface area is 118 Å². The monoisotopic (exact) mass is 300 g/mol. The van der Waals surface area contributed by atoms with Crippen molar-refractivity contribution in [2.75, 3.05) is 18.6 Å². The number of hydrogen-bond acceptors (Lipinski definition) is 6. The van der Waals surface area contributed by atoms with Gasteiger partial charge in [-0.2, -0.15) is 4.31 Å². The molecule has 1 aliphatic heterocycles. The fraction of sp³-hybridized carbons (Fsp3) is 0.583. The second-order valence-electron chi connectivity index (χ2n) is 4.82. The van der Waals surface area contributed by atoms with E-state index in [1.807, 2.05) is 0 Å². The van der Waals surface area contributed by atoms with Gasteiger partial charge in [0.25, 0.3) is 0 Å². The average Bonchev–Trinajstić information content (AvgIpc) is 2.72. The Hall–Kier alpha value is -1.22. The number of nitrogen functional groups attached to an aromatic ring is 1. The SMILES string of the molecule is NNc1ccncc1S(=O)(=O)N1CCCCCC1CO. The van der Waals surface area contributed by atoms with Gasteiger partial charge in [0.15, 0.2) is 0 Å². The van der Waals surface area contributed by atoms with Crippen LogP contribution in [0.3, 0.4) is 0 Å². The molecule has 2 heterocycles. The van der Waals surface area contributed by atoms with Crippen molar-refractivity contribution in [3.05, 3.63) is 18.5 Å². The summed E-state index contributed by atoms with van der Waals surface area (Å²) < 4.78 is 26.9. The molecule has 7 nitrogen and oxygen atoms in total. The van der Waals surface area contributed by atoms with E-state index in [4.69, 9.17) is 5.84 Å². The van der Waals surface area contributed by atoms with E-state index in [9.17, 15) is 13.5 Å². The quantitative estimate of drug-likeness (QED) is 0.545. The number of hydrogen-bond donors (Lipinski definition) is 3. The van der Waals surface area contributed by atoms with Crippen molar-refractivity contribution in [3.8, 4) is 0 Å². The van der Waals surface area contributed by atoms with Crippen molar-refractivity contribution >= 4 is 15.7 Å². The maximum absolute atomic E-state index is 12.8. The average molecular weight is 300 g/mol. The third-order valence-electron chi connectivity index (χ3n) is 3.56. The Balaban J connectivity index is 2.41. The molecule has 1 aromatic rings. The lowest BCUT2D eigenvalue weighted by Gasteiger charge is -2.28. The minimum absolute atomic E-state index is 0.0443. The molecule has 0 bridgehead atoms. The third kappa shape index (κ3) is 2.93. The van der Waals surface area contributed by atoms with Gasteiger partial charge in [0, 0.05) is 25.0 Å². The van der Waals surface area contributed by atoms with Gasteiger partial charge in [0.2, 0.25) is 10.0 Å². The fourth-order valence-corrected chi connectivity index (χ4v) is 4.27. The lowest BCUT2D eigenvalue weighted by molar-refractivity contribution is 0.186. The molecule has 8 heteroatoms. The molecule has 1 aromatic heterocycles. The predicted octanol–water partition coefficient (Wildman–Crippen LogP) is 0.293. The molecule has 0 aliphatic carbocycles. The number of aromatic nitrogens is 1. The van der Waals surface area contributed by atoms with Crippen LogP contribution in [0, 0.1) is 0 Å². The molecule has 0 aromatic carbocycles. The number of rotatable bonds is 4. The molecule has 1 saturated heterocycles. The van der Waals surface area contributed by atoms with E-state index < -0.39 is 10.0 Å². The van der Waals surface area contributed by atoms with E-state index in [2.05, 4.69) is 10.4 Å². The van der Waals surface area contributed by atoms with E-state index in [1.54, 1.807) is 0 Å². The first kappa shape index (κ1) is 15.2. The van der Waals surface area contributed by atoms with Crippen molar-refractivity contribution in [3.63, 3.8) is 0 Å². The number of pyridine rings is 1. The van der Waals surface area contributed by atoms with Crippen LogP contribution in [0.15, 0.2) is 23.4 Å². The molecular weight excluding hydrogens is 280 g/mol. The van der Waals surface area contributed by atoms with Crippen molar-refractivity contribution < 1.29 is 13.5 Å². The van der Waals surface area contributed by atoms with Crippen molar-refractivity contribution in [2.24, 2.45) is 5.84 Å². The Morgan fingerprint density at radius 1 is 1.45 bits per heavy atom. The van der Waals surface area contributed by atoms with Crippen LogP contribution >= 0.6 is 0 Å². The highest BCUT2D eigenvalue weighted by atomic mass is 32.2. The lowest BCUT2D eigenvalue weighted by atomic mass is 10.1. The molecule has 0 radical (unpaired) electrons.